The van der Waals surface area contributed by atoms with Crippen molar-refractivity contribution in [1.29, 1.82) is 0 Å². The summed E-state index contributed by atoms with van der Waals surface area (Å²) in [6.07, 6.45) is 4.87. The number of likely N-dealkylation sites (tertiary alicyclic amines) is 1. The van der Waals surface area contributed by atoms with Gasteiger partial charge in [0.1, 0.15) is 17.0 Å². The number of rotatable bonds is 7. The molecule has 2 aromatic heterocycles. The number of nitrogens with zero attached hydrogens (tertiary/aromatic N) is 5. The maximum Gasteiger partial charge on any atom is 0.255 e. The number of benzene rings is 1. The summed E-state index contributed by atoms with van der Waals surface area (Å²) in [6.45, 7) is 4.92. The molecule has 11 heteroatoms. The first-order chi connectivity index (χ1) is 19.1. The van der Waals surface area contributed by atoms with Crippen LogP contribution in [-0.2, 0) is 4.74 Å². The van der Waals surface area contributed by atoms with Crippen molar-refractivity contribution in [3.05, 3.63) is 40.3 Å². The van der Waals surface area contributed by atoms with Crippen molar-refractivity contribution in [2.75, 3.05) is 39.2 Å². The van der Waals surface area contributed by atoms with E-state index < -0.39 is 11.5 Å². The van der Waals surface area contributed by atoms with Crippen LogP contribution in [0.3, 0.4) is 0 Å². The molecule has 1 aliphatic carbocycles. The van der Waals surface area contributed by atoms with Crippen molar-refractivity contribution >= 4 is 34.4 Å². The molecule has 1 aliphatic heterocycles. The molecule has 0 bridgehead atoms. The molecule has 3 heterocycles. The van der Waals surface area contributed by atoms with E-state index in [9.17, 15) is 9.90 Å². The highest BCUT2D eigenvalue weighted by molar-refractivity contribution is 6.32. The minimum Gasteiger partial charge on any atom is -0.383 e. The Labute approximate surface area is 238 Å². The van der Waals surface area contributed by atoms with Crippen LogP contribution < -0.4 is 11.1 Å². The molecule has 10 nitrogen and oxygen atoms in total. The van der Waals surface area contributed by atoms with E-state index in [1.165, 1.54) is 0 Å². The number of halogens is 1. The Morgan fingerprint density at radius 3 is 2.73 bits per heavy atom. The number of carbonyl (C=O) groups is 1. The van der Waals surface area contributed by atoms with Crippen LogP contribution >= 0.6 is 11.6 Å². The van der Waals surface area contributed by atoms with Gasteiger partial charge >= 0.3 is 0 Å². The average Bonchev–Trinajstić information content (AvgIpc) is 3.36. The largest absolute Gasteiger partial charge is 0.383 e. The molecule has 3 aromatic rings. The van der Waals surface area contributed by atoms with Gasteiger partial charge in [0.2, 0.25) is 0 Å². The second kappa shape index (κ2) is 11.1. The zero-order valence-corrected chi connectivity index (χ0v) is 23.9. The van der Waals surface area contributed by atoms with Gasteiger partial charge in [-0.3, -0.25) is 9.69 Å². The van der Waals surface area contributed by atoms with Crippen molar-refractivity contribution in [2.24, 2.45) is 5.73 Å². The lowest BCUT2D eigenvalue weighted by atomic mass is 10.1. The van der Waals surface area contributed by atoms with Gasteiger partial charge in [0.15, 0.2) is 5.69 Å². The summed E-state index contributed by atoms with van der Waals surface area (Å²) in [5.74, 6) is 12.0. The molecule has 5 rings (SSSR count). The molecule has 1 aromatic carbocycles. The van der Waals surface area contributed by atoms with Crippen LogP contribution in [-0.4, -0.2) is 80.7 Å². The molecule has 0 unspecified atom stereocenters. The van der Waals surface area contributed by atoms with E-state index in [1.54, 1.807) is 32.7 Å². The first-order valence-electron chi connectivity index (χ1n) is 13.3. The summed E-state index contributed by atoms with van der Waals surface area (Å²) in [4.78, 5) is 19.3. The molecule has 1 saturated carbocycles. The fourth-order valence-electron chi connectivity index (χ4n) is 5.22. The van der Waals surface area contributed by atoms with Crippen LogP contribution in [0.2, 0.25) is 5.02 Å². The molecule has 4 N–H and O–H groups in total. The van der Waals surface area contributed by atoms with Gasteiger partial charge in [0.25, 0.3) is 5.91 Å². The Bertz CT molecular complexity index is 1560. The number of nitrogens with two attached hydrogens (primary N) is 1. The lowest BCUT2D eigenvalue weighted by molar-refractivity contribution is 0.100. The minimum absolute atomic E-state index is 0.0773. The maximum absolute atomic E-state index is 12.6. The number of anilines is 1. The van der Waals surface area contributed by atoms with Crippen molar-refractivity contribution < 1.29 is 14.6 Å². The number of primary amides is 1. The second-order valence-corrected chi connectivity index (χ2v) is 11.3. The summed E-state index contributed by atoms with van der Waals surface area (Å²) >= 11 is 6.61. The van der Waals surface area contributed by atoms with Crippen LogP contribution in [0.1, 0.15) is 66.8 Å². The fourth-order valence-corrected chi connectivity index (χ4v) is 5.43. The zero-order valence-electron chi connectivity index (χ0n) is 23.2. The number of carbonyl (C=O) groups excluding carboxylic acids is 1. The number of aliphatic hydroxyl groups is 1. The molecule has 0 spiro atoms. The minimum atomic E-state index is -1.06. The van der Waals surface area contributed by atoms with Gasteiger partial charge in [0.05, 0.1) is 41.6 Å². The Hall–Kier alpha value is -3.54. The van der Waals surface area contributed by atoms with Gasteiger partial charge in [-0.05, 0) is 51.2 Å². The third-order valence-corrected chi connectivity index (χ3v) is 7.51. The van der Waals surface area contributed by atoms with E-state index in [4.69, 9.17) is 27.2 Å². The molecular weight excluding hydrogens is 530 g/mol. The van der Waals surface area contributed by atoms with E-state index >= 15 is 0 Å². The topological polar surface area (TPSA) is 123 Å². The van der Waals surface area contributed by atoms with Crippen LogP contribution in [0.25, 0.3) is 11.0 Å². The molecular formula is C29H34ClN7O3. The molecule has 40 heavy (non-hydrogen) atoms. The van der Waals surface area contributed by atoms with Crippen LogP contribution in [0.4, 0.5) is 5.82 Å². The molecule has 1 saturated heterocycles. The number of hydrogen-bond donors (Lipinski definition) is 3. The summed E-state index contributed by atoms with van der Waals surface area (Å²) in [5.41, 5.74) is 7.66. The van der Waals surface area contributed by atoms with E-state index in [-0.39, 0.29) is 23.3 Å². The number of nitrogens with one attached hydrogen (secondary N) is 1. The molecule has 2 atom stereocenters. The van der Waals surface area contributed by atoms with Gasteiger partial charge in [-0.25, -0.2) is 9.67 Å². The number of ether oxygens (including phenoxy) is 1. The van der Waals surface area contributed by atoms with E-state index in [0.29, 0.717) is 42.1 Å². The van der Waals surface area contributed by atoms with Gasteiger partial charge in [0, 0.05) is 38.3 Å². The Kier molecular flexibility index (Phi) is 7.80. The highest BCUT2D eigenvalue weighted by Gasteiger charge is 2.36. The summed E-state index contributed by atoms with van der Waals surface area (Å²) in [6, 6.07) is 4.26. The smallest absolute Gasteiger partial charge is 0.255 e. The highest BCUT2D eigenvalue weighted by atomic mass is 35.5. The first kappa shape index (κ1) is 28.0. The zero-order chi connectivity index (χ0) is 28.6. The predicted molar refractivity (Wildman–Crippen MR) is 154 cm³/mol. The molecule has 0 radical (unpaired) electrons. The van der Waals surface area contributed by atoms with Crippen LogP contribution in [0.15, 0.2) is 18.5 Å². The first-order valence-corrected chi connectivity index (χ1v) is 13.7. The van der Waals surface area contributed by atoms with Gasteiger partial charge in [-0.2, -0.15) is 5.10 Å². The molecule has 2 aliphatic rings. The quantitative estimate of drug-likeness (QED) is 0.378. The second-order valence-electron chi connectivity index (χ2n) is 10.9. The monoisotopic (exact) mass is 563 g/mol. The van der Waals surface area contributed by atoms with Crippen molar-refractivity contribution in [1.82, 2.24) is 24.2 Å². The molecule has 210 valence electrons. The average molecular weight is 564 g/mol. The van der Waals surface area contributed by atoms with E-state index in [1.807, 2.05) is 18.5 Å². The van der Waals surface area contributed by atoms with Gasteiger partial charge < -0.3 is 25.5 Å². The summed E-state index contributed by atoms with van der Waals surface area (Å²) in [5, 5.41) is 18.3. The number of aromatic nitrogens is 4. The molecule has 1 amide bonds. The van der Waals surface area contributed by atoms with E-state index in [2.05, 4.69) is 43.4 Å². The third kappa shape index (κ3) is 5.81. The number of methoxy groups -OCH3 is 1. The number of hydrogen-bond acceptors (Lipinski definition) is 7. The number of amides is 1. The highest BCUT2D eigenvalue weighted by Crippen LogP contribution is 2.38. The predicted octanol–water partition coefficient (Wildman–Crippen LogP) is 2.80. The summed E-state index contributed by atoms with van der Waals surface area (Å²) in [7, 11) is 3.39. The Balaban J connectivity index is 1.47. The third-order valence-electron chi connectivity index (χ3n) is 7.20. The SMILES string of the molecule is CNc1c(C(N)=O)c(C#Cc2cc3ncn(C4CC4)c3cc2Cl)nn1[C@H]1C[C@H](COC)N(CC#CC(C)(C)O)C1. The van der Waals surface area contributed by atoms with Crippen molar-refractivity contribution in [3.63, 3.8) is 0 Å². The molecule has 2 fully saturated rings. The maximum atomic E-state index is 12.6. The van der Waals surface area contributed by atoms with Crippen molar-refractivity contribution in [2.45, 2.75) is 56.8 Å². The lowest BCUT2D eigenvalue weighted by Gasteiger charge is -2.21. The summed E-state index contributed by atoms with van der Waals surface area (Å²) < 4.78 is 9.40. The standard InChI is InChI=1S/C29H34ClN7O3/c1-29(2,39)10-5-11-35-15-20(13-21(35)16-40-4)37-28(32-3)26(27(31)38)23(34-37)9-6-18-12-24-25(14-22(18)30)36(17-33-24)19-7-8-19/h12,14,17,19-21,32,39H,7-8,11,13,15-16H2,1-4H3,(H2,31,38)/t20-,21+/m0/s1. The Morgan fingerprint density at radius 1 is 1.30 bits per heavy atom. The lowest BCUT2D eigenvalue weighted by Crippen LogP contribution is -2.33. The van der Waals surface area contributed by atoms with Gasteiger partial charge in [-0.1, -0.05) is 29.4 Å². The normalized spacial score (nSPS) is 19.2. The van der Waals surface area contributed by atoms with Crippen molar-refractivity contribution in [3.8, 4) is 23.7 Å². The Morgan fingerprint density at radius 2 is 2.08 bits per heavy atom. The van der Waals surface area contributed by atoms with Gasteiger partial charge in [-0.15, -0.1) is 0 Å². The number of fused-ring (bicyclic) bond motifs is 1. The van der Waals surface area contributed by atoms with Crippen LogP contribution in [0.5, 0.6) is 0 Å². The van der Waals surface area contributed by atoms with Crippen LogP contribution in [0, 0.1) is 23.7 Å². The fraction of sp³-hybridized carbons (Fsp3) is 0.483. The number of imidazole rings is 1. The van der Waals surface area contributed by atoms with E-state index in [0.717, 1.165) is 30.3 Å².